The number of fused-ring (bicyclic) bond motifs is 1. The number of benzene rings is 3. The third kappa shape index (κ3) is 4.70. The van der Waals surface area contributed by atoms with Gasteiger partial charge < -0.3 is 28.8 Å². The molecule has 166 valence electrons. The van der Waals surface area contributed by atoms with Crippen molar-refractivity contribution < 1.29 is 28.8 Å². The molecule has 2 aliphatic rings. The van der Waals surface area contributed by atoms with Crippen LogP contribution >= 0.6 is 0 Å². The van der Waals surface area contributed by atoms with E-state index < -0.39 is 37.0 Å². The van der Waals surface area contributed by atoms with Crippen molar-refractivity contribution in [2.24, 2.45) is 0 Å². The summed E-state index contributed by atoms with van der Waals surface area (Å²) in [6.45, 7) is 0.614. The van der Waals surface area contributed by atoms with Gasteiger partial charge in [-0.3, -0.25) is 0 Å². The van der Waals surface area contributed by atoms with Crippen molar-refractivity contribution in [3.63, 3.8) is 0 Å². The van der Waals surface area contributed by atoms with Crippen LogP contribution in [-0.2, 0) is 25.6 Å². The fourth-order valence-electron chi connectivity index (χ4n) is 4.01. The standard InChI is InChI=1S/C26H26O6/c27-22-23-21(17-29-25(32-23)19-12-6-2-7-13-19)31-26(28-16-18-10-4-1-5-11-18)24(22)30-20-14-8-3-9-15-20/h1-15,21-27H,16-17H2/t21?,22?,23-,24?,25?,26+/m1/s1. The van der Waals surface area contributed by atoms with Crippen LogP contribution in [0.3, 0.4) is 0 Å². The fourth-order valence-corrected chi connectivity index (χ4v) is 4.01. The zero-order valence-corrected chi connectivity index (χ0v) is 17.5. The van der Waals surface area contributed by atoms with Crippen molar-refractivity contribution >= 4 is 0 Å². The zero-order chi connectivity index (χ0) is 21.8. The molecule has 6 nitrogen and oxygen atoms in total. The number of aliphatic hydroxyl groups excluding tert-OH is 1. The maximum absolute atomic E-state index is 11.3. The summed E-state index contributed by atoms with van der Waals surface area (Å²) in [7, 11) is 0. The number of rotatable bonds is 6. The molecule has 3 aromatic rings. The molecule has 2 aliphatic heterocycles. The molecule has 1 N–H and O–H groups in total. The van der Waals surface area contributed by atoms with Crippen LogP contribution in [0, 0.1) is 0 Å². The Morgan fingerprint density at radius 2 is 1.47 bits per heavy atom. The molecule has 0 aliphatic carbocycles. The van der Waals surface area contributed by atoms with Crippen LogP contribution in [0.2, 0.25) is 0 Å². The molecule has 0 aromatic heterocycles. The van der Waals surface area contributed by atoms with Crippen molar-refractivity contribution in [2.45, 2.75) is 43.6 Å². The average molecular weight is 434 g/mol. The molecule has 32 heavy (non-hydrogen) atoms. The second-order valence-corrected chi connectivity index (χ2v) is 7.90. The number of ether oxygens (including phenoxy) is 5. The van der Waals surface area contributed by atoms with E-state index in [1.807, 2.05) is 91.0 Å². The van der Waals surface area contributed by atoms with E-state index in [9.17, 15) is 5.11 Å². The normalized spacial score (nSPS) is 29.8. The number of hydrogen-bond donors (Lipinski definition) is 1. The lowest BCUT2D eigenvalue weighted by Crippen LogP contribution is -2.63. The lowest BCUT2D eigenvalue weighted by atomic mass is 9.97. The van der Waals surface area contributed by atoms with Crippen LogP contribution < -0.4 is 4.74 Å². The zero-order valence-electron chi connectivity index (χ0n) is 17.5. The van der Waals surface area contributed by atoms with E-state index in [2.05, 4.69) is 0 Å². The first-order chi connectivity index (χ1) is 15.8. The second-order valence-electron chi connectivity index (χ2n) is 7.90. The van der Waals surface area contributed by atoms with Crippen molar-refractivity contribution in [1.82, 2.24) is 0 Å². The maximum atomic E-state index is 11.3. The van der Waals surface area contributed by atoms with E-state index in [-0.39, 0.29) is 6.61 Å². The SMILES string of the molecule is OC1C(Oc2ccccc2)[C@@H](OCc2ccccc2)OC2COC(c3ccccc3)O[C@H]21. The highest BCUT2D eigenvalue weighted by molar-refractivity contribution is 5.22. The molecule has 2 heterocycles. The smallest absolute Gasteiger partial charge is 0.198 e. The Balaban J connectivity index is 1.35. The van der Waals surface area contributed by atoms with Gasteiger partial charge in [0.05, 0.1) is 13.2 Å². The van der Waals surface area contributed by atoms with Gasteiger partial charge in [-0.2, -0.15) is 0 Å². The van der Waals surface area contributed by atoms with Crippen molar-refractivity contribution in [1.29, 1.82) is 0 Å². The monoisotopic (exact) mass is 434 g/mol. The minimum atomic E-state index is -0.968. The van der Waals surface area contributed by atoms with Gasteiger partial charge in [-0.15, -0.1) is 0 Å². The summed E-state index contributed by atoms with van der Waals surface area (Å²) in [4.78, 5) is 0. The molecule has 3 aromatic carbocycles. The van der Waals surface area contributed by atoms with E-state index in [1.54, 1.807) is 0 Å². The first kappa shape index (κ1) is 21.1. The van der Waals surface area contributed by atoms with E-state index in [0.29, 0.717) is 12.4 Å². The topological polar surface area (TPSA) is 66.4 Å². The second kappa shape index (κ2) is 9.81. The molecule has 0 bridgehead atoms. The molecule has 2 fully saturated rings. The molecule has 4 unspecified atom stereocenters. The summed E-state index contributed by atoms with van der Waals surface area (Å²) in [5.74, 6) is 0.624. The minimum absolute atomic E-state index is 0.282. The molecule has 6 atom stereocenters. The predicted octanol–water partition coefficient (Wildman–Crippen LogP) is 3.85. The predicted molar refractivity (Wildman–Crippen MR) is 117 cm³/mol. The van der Waals surface area contributed by atoms with E-state index in [1.165, 1.54) is 0 Å². The van der Waals surface area contributed by atoms with Crippen LogP contribution in [0.4, 0.5) is 0 Å². The summed E-state index contributed by atoms with van der Waals surface area (Å²) < 4.78 is 30.4. The first-order valence-electron chi connectivity index (χ1n) is 10.8. The van der Waals surface area contributed by atoms with E-state index in [0.717, 1.165) is 11.1 Å². The van der Waals surface area contributed by atoms with Crippen molar-refractivity contribution in [3.8, 4) is 5.75 Å². The molecule has 0 saturated carbocycles. The first-order valence-corrected chi connectivity index (χ1v) is 10.8. The summed E-state index contributed by atoms with van der Waals surface area (Å²) >= 11 is 0. The van der Waals surface area contributed by atoms with Crippen LogP contribution in [0.25, 0.3) is 0 Å². The lowest BCUT2D eigenvalue weighted by Gasteiger charge is -2.47. The highest BCUT2D eigenvalue weighted by Crippen LogP contribution is 2.36. The molecule has 2 saturated heterocycles. The minimum Gasteiger partial charge on any atom is -0.482 e. The Morgan fingerprint density at radius 1 is 0.812 bits per heavy atom. The Labute approximate surface area is 187 Å². The highest BCUT2D eigenvalue weighted by atomic mass is 16.8. The molecular weight excluding hydrogens is 408 g/mol. The van der Waals surface area contributed by atoms with E-state index in [4.69, 9.17) is 23.7 Å². The third-order valence-corrected chi connectivity index (χ3v) is 5.65. The van der Waals surface area contributed by atoms with Gasteiger partial charge in [-0.1, -0.05) is 78.9 Å². The van der Waals surface area contributed by atoms with Gasteiger partial charge >= 0.3 is 0 Å². The molecule has 0 spiro atoms. The molecule has 5 rings (SSSR count). The molecule has 0 amide bonds. The Hall–Kier alpha value is -2.74. The number of hydrogen-bond acceptors (Lipinski definition) is 6. The Kier molecular flexibility index (Phi) is 6.48. The van der Waals surface area contributed by atoms with Crippen LogP contribution in [0.1, 0.15) is 17.4 Å². The van der Waals surface area contributed by atoms with Gasteiger partial charge in [0.25, 0.3) is 0 Å². The van der Waals surface area contributed by atoms with Gasteiger partial charge in [0.1, 0.15) is 24.1 Å². The Morgan fingerprint density at radius 3 is 2.19 bits per heavy atom. The van der Waals surface area contributed by atoms with Gasteiger partial charge in [-0.25, -0.2) is 0 Å². The summed E-state index contributed by atoms with van der Waals surface area (Å²) in [6.07, 6.45) is -4.18. The van der Waals surface area contributed by atoms with Crippen molar-refractivity contribution in [2.75, 3.05) is 6.61 Å². The quantitative estimate of drug-likeness (QED) is 0.636. The summed E-state index contributed by atoms with van der Waals surface area (Å²) in [5.41, 5.74) is 1.90. The van der Waals surface area contributed by atoms with E-state index >= 15 is 0 Å². The van der Waals surface area contributed by atoms with Crippen LogP contribution in [0.5, 0.6) is 5.75 Å². The van der Waals surface area contributed by atoms with Crippen LogP contribution in [0.15, 0.2) is 91.0 Å². The molecular formula is C26H26O6. The summed E-state index contributed by atoms with van der Waals surface area (Å²) in [5, 5.41) is 11.3. The maximum Gasteiger partial charge on any atom is 0.198 e. The van der Waals surface area contributed by atoms with Crippen LogP contribution in [-0.4, -0.2) is 42.4 Å². The van der Waals surface area contributed by atoms with Gasteiger partial charge in [0.15, 0.2) is 18.7 Å². The number of para-hydroxylation sites is 1. The molecule has 0 radical (unpaired) electrons. The average Bonchev–Trinajstić information content (AvgIpc) is 2.86. The largest absolute Gasteiger partial charge is 0.482 e. The molecule has 6 heteroatoms. The highest BCUT2D eigenvalue weighted by Gasteiger charge is 2.51. The number of aliphatic hydroxyl groups is 1. The van der Waals surface area contributed by atoms with Crippen molar-refractivity contribution in [3.05, 3.63) is 102 Å². The van der Waals surface area contributed by atoms with Gasteiger partial charge in [0, 0.05) is 5.56 Å². The van der Waals surface area contributed by atoms with Gasteiger partial charge in [0.2, 0.25) is 0 Å². The fraction of sp³-hybridized carbons (Fsp3) is 0.308. The summed E-state index contributed by atoms with van der Waals surface area (Å²) in [6, 6.07) is 28.8. The Bertz CT molecular complexity index is 967. The lowest BCUT2D eigenvalue weighted by molar-refractivity contribution is -0.359. The third-order valence-electron chi connectivity index (χ3n) is 5.65. The van der Waals surface area contributed by atoms with Gasteiger partial charge in [-0.05, 0) is 17.7 Å².